The quantitative estimate of drug-likeness (QED) is 0.669. The van der Waals surface area contributed by atoms with Gasteiger partial charge in [-0.05, 0) is 23.8 Å². The number of carbonyl (C=O) groups is 2. The van der Waals surface area contributed by atoms with Crippen molar-refractivity contribution in [2.75, 3.05) is 32.2 Å². The first-order valence-corrected chi connectivity index (χ1v) is 9.01. The molecule has 2 aromatic rings. The number of hydrogen-bond acceptors (Lipinski definition) is 6. The van der Waals surface area contributed by atoms with Gasteiger partial charge in [0.05, 0.1) is 17.8 Å². The predicted octanol–water partition coefficient (Wildman–Crippen LogP) is 2.64. The molecule has 9 heteroatoms. The summed E-state index contributed by atoms with van der Waals surface area (Å²) in [7, 11) is 1.47. The smallest absolute Gasteiger partial charge is 0.255 e. The monoisotopic (exact) mass is 418 g/mol. The van der Waals surface area contributed by atoms with Gasteiger partial charge in [-0.3, -0.25) is 9.59 Å². The molecular formula is C20H19ClN2O6. The van der Waals surface area contributed by atoms with E-state index in [9.17, 15) is 9.59 Å². The van der Waals surface area contributed by atoms with E-state index < -0.39 is 5.91 Å². The van der Waals surface area contributed by atoms with Crippen LogP contribution in [0.4, 0.5) is 5.69 Å². The van der Waals surface area contributed by atoms with Gasteiger partial charge in [0.2, 0.25) is 5.91 Å². The molecular weight excluding hydrogens is 400 g/mol. The maximum atomic E-state index is 12.3. The fraction of sp³-hybridized carbons (Fsp3) is 0.200. The average molecular weight is 419 g/mol. The second kappa shape index (κ2) is 9.20. The first-order valence-electron chi connectivity index (χ1n) is 8.63. The number of carbonyl (C=O) groups excluding carboxylic acids is 2. The molecule has 1 aliphatic heterocycles. The summed E-state index contributed by atoms with van der Waals surface area (Å²) < 4.78 is 21.4. The van der Waals surface area contributed by atoms with E-state index in [-0.39, 0.29) is 12.5 Å². The van der Waals surface area contributed by atoms with Crippen molar-refractivity contribution >= 4 is 35.2 Å². The fourth-order valence-electron chi connectivity index (χ4n) is 2.56. The van der Waals surface area contributed by atoms with E-state index in [1.54, 1.807) is 36.4 Å². The van der Waals surface area contributed by atoms with Gasteiger partial charge in [0.15, 0.2) is 29.6 Å². The van der Waals surface area contributed by atoms with E-state index in [1.165, 1.54) is 13.2 Å². The Morgan fingerprint density at radius 1 is 1.17 bits per heavy atom. The van der Waals surface area contributed by atoms with Crippen molar-refractivity contribution in [1.29, 1.82) is 0 Å². The summed E-state index contributed by atoms with van der Waals surface area (Å²) in [6, 6.07) is 8.22. The molecule has 1 heterocycles. The van der Waals surface area contributed by atoms with Gasteiger partial charge in [-0.2, -0.15) is 0 Å². The Morgan fingerprint density at radius 3 is 2.59 bits per heavy atom. The second-order valence-electron chi connectivity index (χ2n) is 5.96. The molecule has 1 aliphatic rings. The van der Waals surface area contributed by atoms with E-state index in [1.807, 2.05) is 0 Å². The zero-order chi connectivity index (χ0) is 20.8. The number of ether oxygens (including phenoxy) is 4. The summed E-state index contributed by atoms with van der Waals surface area (Å²) in [6.45, 7) is 0.626. The van der Waals surface area contributed by atoms with Gasteiger partial charge in [0.1, 0.15) is 13.2 Å². The summed E-state index contributed by atoms with van der Waals surface area (Å²) >= 11 is 6.19. The van der Waals surface area contributed by atoms with Crippen LogP contribution >= 0.6 is 11.6 Å². The third kappa shape index (κ3) is 5.32. The van der Waals surface area contributed by atoms with Crippen molar-refractivity contribution < 1.29 is 28.5 Å². The standard InChI is InChI=1S/C20H19ClN2O6/c1-26-16-8-12(2-4-15(16)29-11-19(22)24)3-5-20(25)23-14-10-18-17(9-13(14)21)27-6-7-28-18/h2-5,8-10H,6-7,11H2,1H3,(H2,22,24)(H,23,25)/b5-3+. The van der Waals surface area contributed by atoms with Gasteiger partial charge in [-0.15, -0.1) is 0 Å². The number of hydrogen-bond donors (Lipinski definition) is 2. The number of anilines is 1. The Labute approximate surface area is 172 Å². The molecule has 0 radical (unpaired) electrons. The van der Waals surface area contributed by atoms with Gasteiger partial charge in [-0.25, -0.2) is 0 Å². The highest BCUT2D eigenvalue weighted by atomic mass is 35.5. The maximum absolute atomic E-state index is 12.3. The number of methoxy groups -OCH3 is 1. The first-order chi connectivity index (χ1) is 14.0. The highest BCUT2D eigenvalue weighted by Crippen LogP contribution is 2.38. The van der Waals surface area contributed by atoms with E-state index >= 15 is 0 Å². The fourth-order valence-corrected chi connectivity index (χ4v) is 2.76. The van der Waals surface area contributed by atoms with E-state index in [2.05, 4.69) is 5.32 Å². The highest BCUT2D eigenvalue weighted by Gasteiger charge is 2.16. The lowest BCUT2D eigenvalue weighted by molar-refractivity contribution is -0.120. The number of nitrogens with two attached hydrogens (primary N) is 1. The van der Waals surface area contributed by atoms with Gasteiger partial charge < -0.3 is 30.0 Å². The van der Waals surface area contributed by atoms with Crippen LogP contribution in [0.3, 0.4) is 0 Å². The van der Waals surface area contributed by atoms with Crippen molar-refractivity contribution in [2.24, 2.45) is 5.73 Å². The zero-order valence-electron chi connectivity index (χ0n) is 15.6. The van der Waals surface area contributed by atoms with Crippen LogP contribution in [-0.4, -0.2) is 38.7 Å². The molecule has 3 N–H and O–H groups in total. The van der Waals surface area contributed by atoms with Crippen LogP contribution in [-0.2, 0) is 9.59 Å². The number of benzene rings is 2. The van der Waals surface area contributed by atoms with Gasteiger partial charge in [0.25, 0.3) is 5.91 Å². The maximum Gasteiger partial charge on any atom is 0.255 e. The number of fused-ring (bicyclic) bond motifs is 1. The van der Waals surface area contributed by atoms with Crippen LogP contribution in [0.1, 0.15) is 5.56 Å². The van der Waals surface area contributed by atoms with Crippen molar-refractivity contribution in [1.82, 2.24) is 0 Å². The lowest BCUT2D eigenvalue weighted by atomic mass is 10.2. The Balaban J connectivity index is 1.68. The van der Waals surface area contributed by atoms with Crippen LogP contribution in [0.15, 0.2) is 36.4 Å². The molecule has 0 aromatic heterocycles. The lowest BCUT2D eigenvalue weighted by Crippen LogP contribution is -2.20. The zero-order valence-corrected chi connectivity index (χ0v) is 16.3. The predicted molar refractivity (Wildman–Crippen MR) is 108 cm³/mol. The summed E-state index contributed by atoms with van der Waals surface area (Å²) in [5.74, 6) is 0.874. The number of nitrogens with one attached hydrogen (secondary N) is 1. The molecule has 0 bridgehead atoms. The largest absolute Gasteiger partial charge is 0.493 e. The lowest BCUT2D eigenvalue weighted by Gasteiger charge is -2.19. The summed E-state index contributed by atoms with van der Waals surface area (Å²) in [4.78, 5) is 23.1. The van der Waals surface area contributed by atoms with E-state index in [0.29, 0.717) is 52.5 Å². The highest BCUT2D eigenvalue weighted by molar-refractivity contribution is 6.34. The Bertz CT molecular complexity index is 960. The van der Waals surface area contributed by atoms with Gasteiger partial charge in [0, 0.05) is 18.2 Å². The molecule has 8 nitrogen and oxygen atoms in total. The minimum Gasteiger partial charge on any atom is -0.493 e. The molecule has 0 spiro atoms. The van der Waals surface area contributed by atoms with Crippen LogP contribution in [0.5, 0.6) is 23.0 Å². The Hall–Kier alpha value is -3.39. The number of amides is 2. The Morgan fingerprint density at radius 2 is 1.90 bits per heavy atom. The van der Waals surface area contributed by atoms with Crippen LogP contribution in [0.2, 0.25) is 5.02 Å². The van der Waals surface area contributed by atoms with Gasteiger partial charge >= 0.3 is 0 Å². The van der Waals surface area contributed by atoms with E-state index in [4.69, 9.17) is 36.3 Å². The molecule has 0 saturated heterocycles. The molecule has 0 atom stereocenters. The van der Waals surface area contributed by atoms with Crippen LogP contribution < -0.4 is 30.0 Å². The molecule has 29 heavy (non-hydrogen) atoms. The SMILES string of the molecule is COc1cc(/C=C/C(=O)Nc2cc3c(cc2Cl)OCCO3)ccc1OCC(N)=O. The number of primary amides is 1. The minimum absolute atomic E-state index is 0.260. The average Bonchev–Trinajstić information content (AvgIpc) is 2.71. The molecule has 0 fully saturated rings. The number of rotatable bonds is 7. The molecule has 2 amide bonds. The second-order valence-corrected chi connectivity index (χ2v) is 6.37. The minimum atomic E-state index is -0.592. The molecule has 0 aliphatic carbocycles. The van der Waals surface area contributed by atoms with Gasteiger partial charge in [-0.1, -0.05) is 17.7 Å². The summed E-state index contributed by atoms with van der Waals surface area (Å²) in [6.07, 6.45) is 2.95. The Kier molecular flexibility index (Phi) is 6.46. The third-order valence-electron chi connectivity index (χ3n) is 3.87. The molecule has 152 valence electrons. The summed E-state index contributed by atoms with van der Waals surface area (Å²) in [5, 5.41) is 3.04. The van der Waals surface area contributed by atoms with Crippen molar-refractivity contribution in [3.8, 4) is 23.0 Å². The molecule has 3 rings (SSSR count). The molecule has 0 saturated carbocycles. The molecule has 2 aromatic carbocycles. The summed E-state index contributed by atoms with van der Waals surface area (Å²) in [5.41, 5.74) is 6.18. The molecule has 0 unspecified atom stereocenters. The topological polar surface area (TPSA) is 109 Å². The van der Waals surface area contributed by atoms with Crippen molar-refractivity contribution in [2.45, 2.75) is 0 Å². The third-order valence-corrected chi connectivity index (χ3v) is 4.19. The van der Waals surface area contributed by atoms with E-state index in [0.717, 1.165) is 0 Å². The van der Waals surface area contributed by atoms with Crippen molar-refractivity contribution in [3.63, 3.8) is 0 Å². The first kappa shape index (κ1) is 20.3. The van der Waals surface area contributed by atoms with Crippen LogP contribution in [0, 0.1) is 0 Å². The number of halogens is 1. The normalized spacial score (nSPS) is 12.5. The van der Waals surface area contributed by atoms with Crippen molar-refractivity contribution in [3.05, 3.63) is 47.0 Å². The van der Waals surface area contributed by atoms with Crippen LogP contribution in [0.25, 0.3) is 6.08 Å².